The van der Waals surface area contributed by atoms with Gasteiger partial charge in [-0.2, -0.15) is 0 Å². The number of furan rings is 1. The summed E-state index contributed by atoms with van der Waals surface area (Å²) in [4.78, 5) is 12.3. The molecule has 1 saturated carbocycles. The number of hydrogen-bond donors (Lipinski definition) is 1. The first-order valence-corrected chi connectivity index (χ1v) is 8.93. The highest BCUT2D eigenvalue weighted by molar-refractivity contribution is 5.87. The average molecular weight is 332 g/mol. The zero-order valence-corrected chi connectivity index (χ0v) is 15.1. The van der Waals surface area contributed by atoms with E-state index in [1.165, 1.54) is 5.56 Å². The van der Waals surface area contributed by atoms with Crippen LogP contribution in [0, 0.1) is 17.3 Å². The van der Waals surface area contributed by atoms with E-state index < -0.39 is 0 Å². The lowest BCUT2D eigenvalue weighted by Gasteiger charge is -2.51. The van der Waals surface area contributed by atoms with Gasteiger partial charge in [-0.15, -0.1) is 0 Å². The number of carbonyl (C=O) groups excluding carboxylic acids is 1. The first-order valence-electron chi connectivity index (χ1n) is 8.93. The van der Waals surface area contributed by atoms with Gasteiger partial charge in [-0.25, -0.2) is 4.79 Å². The van der Waals surface area contributed by atoms with Crippen LogP contribution < -0.4 is 0 Å². The summed E-state index contributed by atoms with van der Waals surface area (Å²) < 4.78 is 11.6. The standard InChI is InChI=1S/C20H28O4/c1-5-12(2)19(22)24-17-7-6-13(3)20(4)9-15-14(10-21)11-23-18(15)8-16(17)20/h5,11,13,16-17,21H,6-10H2,1-4H3. The summed E-state index contributed by atoms with van der Waals surface area (Å²) in [7, 11) is 0. The third-order valence-corrected chi connectivity index (χ3v) is 6.52. The molecule has 4 nitrogen and oxygen atoms in total. The zero-order valence-electron chi connectivity index (χ0n) is 15.1. The Balaban J connectivity index is 1.90. The summed E-state index contributed by atoms with van der Waals surface area (Å²) in [6.45, 7) is 8.28. The van der Waals surface area contributed by atoms with Crippen LogP contribution in [0.1, 0.15) is 57.4 Å². The van der Waals surface area contributed by atoms with Crippen LogP contribution in [0.3, 0.4) is 0 Å². The maximum absolute atomic E-state index is 12.3. The Morgan fingerprint density at radius 3 is 2.92 bits per heavy atom. The van der Waals surface area contributed by atoms with E-state index in [2.05, 4.69) is 13.8 Å². The molecule has 0 bridgehead atoms. The van der Waals surface area contributed by atoms with Crippen molar-refractivity contribution in [1.82, 2.24) is 0 Å². The SMILES string of the molecule is CC=C(C)C(=O)OC1CCC(C)C2(C)Cc3c(CO)coc3CC12. The number of fused-ring (bicyclic) bond motifs is 2. The number of hydrogen-bond acceptors (Lipinski definition) is 4. The van der Waals surface area contributed by atoms with Crippen molar-refractivity contribution in [1.29, 1.82) is 0 Å². The summed E-state index contributed by atoms with van der Waals surface area (Å²) in [6, 6.07) is 0. The smallest absolute Gasteiger partial charge is 0.333 e. The Morgan fingerprint density at radius 2 is 2.25 bits per heavy atom. The van der Waals surface area contributed by atoms with E-state index in [0.29, 0.717) is 11.5 Å². The lowest BCUT2D eigenvalue weighted by molar-refractivity contribution is -0.157. The predicted octanol–water partition coefficient (Wildman–Crippen LogP) is 3.80. The maximum atomic E-state index is 12.3. The van der Waals surface area contributed by atoms with Crippen LogP contribution in [0.25, 0.3) is 0 Å². The summed E-state index contributed by atoms with van der Waals surface area (Å²) in [6.07, 6.45) is 7.05. The van der Waals surface area contributed by atoms with Crippen molar-refractivity contribution < 1.29 is 19.1 Å². The van der Waals surface area contributed by atoms with Gasteiger partial charge in [0.15, 0.2) is 0 Å². The van der Waals surface area contributed by atoms with Crippen LogP contribution in [-0.4, -0.2) is 17.2 Å². The Hall–Kier alpha value is -1.55. The fourth-order valence-corrected chi connectivity index (χ4v) is 4.45. The maximum Gasteiger partial charge on any atom is 0.333 e. The molecule has 4 atom stereocenters. The fourth-order valence-electron chi connectivity index (χ4n) is 4.45. The summed E-state index contributed by atoms with van der Waals surface area (Å²) in [5.41, 5.74) is 2.79. The number of aliphatic hydroxyl groups is 1. The van der Waals surface area contributed by atoms with Crippen LogP contribution in [0.4, 0.5) is 0 Å². The van der Waals surface area contributed by atoms with Crippen LogP contribution in [0.15, 0.2) is 22.3 Å². The van der Waals surface area contributed by atoms with Gasteiger partial charge in [-0.3, -0.25) is 0 Å². The van der Waals surface area contributed by atoms with Gasteiger partial charge >= 0.3 is 5.97 Å². The molecule has 1 fully saturated rings. The molecule has 1 aromatic heterocycles. The summed E-state index contributed by atoms with van der Waals surface area (Å²) in [5.74, 6) is 1.56. The van der Waals surface area contributed by atoms with Crippen LogP contribution in [-0.2, 0) is 29.0 Å². The molecule has 4 unspecified atom stereocenters. The van der Waals surface area contributed by atoms with Crippen molar-refractivity contribution in [2.45, 2.75) is 66.1 Å². The Bertz CT molecular complexity index is 657. The predicted molar refractivity (Wildman–Crippen MR) is 91.3 cm³/mol. The topological polar surface area (TPSA) is 59.7 Å². The molecule has 0 amide bonds. The quantitative estimate of drug-likeness (QED) is 0.675. The van der Waals surface area contributed by atoms with Gasteiger partial charge in [-0.1, -0.05) is 19.9 Å². The molecule has 3 rings (SSSR count). The van der Waals surface area contributed by atoms with Crippen LogP contribution in [0.2, 0.25) is 0 Å². The first kappa shape index (κ1) is 17.3. The average Bonchev–Trinajstić information content (AvgIpc) is 2.97. The molecular formula is C20H28O4. The van der Waals surface area contributed by atoms with Crippen molar-refractivity contribution in [3.8, 4) is 0 Å². The molecule has 0 spiro atoms. The lowest BCUT2D eigenvalue weighted by Crippen LogP contribution is -2.51. The number of rotatable bonds is 3. The monoisotopic (exact) mass is 332 g/mol. The molecule has 0 radical (unpaired) electrons. The molecule has 4 heteroatoms. The lowest BCUT2D eigenvalue weighted by atomic mass is 9.54. The van der Waals surface area contributed by atoms with Gasteiger partial charge in [0.05, 0.1) is 12.9 Å². The van der Waals surface area contributed by atoms with E-state index in [1.54, 1.807) is 19.3 Å². The molecule has 0 aliphatic heterocycles. The minimum absolute atomic E-state index is 0.0207. The van der Waals surface area contributed by atoms with E-state index >= 15 is 0 Å². The third kappa shape index (κ3) is 2.71. The minimum atomic E-state index is -0.208. The normalized spacial score (nSPS) is 32.9. The molecule has 24 heavy (non-hydrogen) atoms. The molecule has 132 valence electrons. The van der Waals surface area contributed by atoms with Gasteiger partial charge < -0.3 is 14.3 Å². The second-order valence-electron chi connectivity index (χ2n) is 7.71. The number of carbonyl (C=O) groups is 1. The van der Waals surface area contributed by atoms with Gasteiger partial charge in [0.2, 0.25) is 0 Å². The van der Waals surface area contributed by atoms with E-state index in [9.17, 15) is 9.90 Å². The van der Waals surface area contributed by atoms with E-state index in [-0.39, 0.29) is 30.0 Å². The van der Waals surface area contributed by atoms with Crippen LogP contribution >= 0.6 is 0 Å². The molecule has 0 aromatic carbocycles. The highest BCUT2D eigenvalue weighted by Gasteiger charge is 2.51. The Morgan fingerprint density at radius 1 is 1.50 bits per heavy atom. The molecule has 0 saturated heterocycles. The summed E-state index contributed by atoms with van der Waals surface area (Å²) >= 11 is 0. The van der Waals surface area contributed by atoms with E-state index in [0.717, 1.165) is 37.0 Å². The molecule has 1 aromatic rings. The molecule has 1 N–H and O–H groups in total. The summed E-state index contributed by atoms with van der Waals surface area (Å²) in [5, 5.41) is 9.55. The van der Waals surface area contributed by atoms with E-state index in [1.807, 2.05) is 6.92 Å². The minimum Gasteiger partial charge on any atom is -0.469 e. The van der Waals surface area contributed by atoms with Crippen molar-refractivity contribution in [3.63, 3.8) is 0 Å². The molecule has 2 aliphatic rings. The van der Waals surface area contributed by atoms with Gasteiger partial charge in [0.25, 0.3) is 0 Å². The number of ether oxygens (including phenoxy) is 1. The van der Waals surface area contributed by atoms with Gasteiger partial charge in [-0.05, 0) is 50.0 Å². The highest BCUT2D eigenvalue weighted by Crippen LogP contribution is 2.53. The Kier molecular flexibility index (Phi) is 4.60. The Labute approximate surface area is 143 Å². The first-order chi connectivity index (χ1) is 11.4. The molecule has 1 heterocycles. The third-order valence-electron chi connectivity index (χ3n) is 6.52. The molecule has 2 aliphatic carbocycles. The molecular weight excluding hydrogens is 304 g/mol. The van der Waals surface area contributed by atoms with Crippen molar-refractivity contribution in [2.24, 2.45) is 17.3 Å². The second kappa shape index (κ2) is 6.40. The van der Waals surface area contributed by atoms with Crippen LogP contribution in [0.5, 0.6) is 0 Å². The number of aliphatic hydroxyl groups excluding tert-OH is 1. The van der Waals surface area contributed by atoms with Gasteiger partial charge in [0.1, 0.15) is 11.9 Å². The second-order valence-corrected chi connectivity index (χ2v) is 7.71. The van der Waals surface area contributed by atoms with Crippen molar-refractivity contribution >= 4 is 5.97 Å². The number of allylic oxidation sites excluding steroid dienone is 1. The van der Waals surface area contributed by atoms with Crippen molar-refractivity contribution in [2.75, 3.05) is 0 Å². The zero-order chi connectivity index (χ0) is 17.5. The van der Waals surface area contributed by atoms with Gasteiger partial charge in [0, 0.05) is 23.5 Å². The number of esters is 1. The highest BCUT2D eigenvalue weighted by atomic mass is 16.5. The fraction of sp³-hybridized carbons (Fsp3) is 0.650. The largest absolute Gasteiger partial charge is 0.469 e. The van der Waals surface area contributed by atoms with E-state index in [4.69, 9.17) is 9.15 Å². The van der Waals surface area contributed by atoms with Crippen molar-refractivity contribution in [3.05, 3.63) is 34.8 Å².